The van der Waals surface area contributed by atoms with Gasteiger partial charge in [0.25, 0.3) is 0 Å². The molecule has 0 unspecified atom stereocenters. The molecule has 0 aliphatic heterocycles. The van der Waals surface area contributed by atoms with E-state index in [9.17, 15) is 19.2 Å². The van der Waals surface area contributed by atoms with E-state index >= 15 is 0 Å². The molecule has 4 heteroatoms. The molecular weight excluding hydrogens is 184 g/mol. The average molecular weight is 186 g/mol. The molecule has 0 aromatic heterocycles. The molecule has 0 N–H and O–H groups in total. The van der Waals surface area contributed by atoms with Gasteiger partial charge in [0.05, 0.1) is 0 Å². The van der Waals surface area contributed by atoms with Gasteiger partial charge in [-0.25, -0.2) is 0 Å². The molecule has 0 amide bonds. The summed E-state index contributed by atoms with van der Waals surface area (Å²) in [5.41, 5.74) is -0.874. The molecule has 0 saturated heterocycles. The van der Waals surface area contributed by atoms with Gasteiger partial charge in [-0.05, 0) is 12.1 Å². The second-order valence-electron chi connectivity index (χ2n) is 2.32. The minimum absolute atomic E-state index is 0.127. The monoisotopic (exact) mass is 186 g/mol. The Kier molecular flexibility index (Phi) is 3.01. The highest BCUT2D eigenvalue weighted by Gasteiger charge is 2.13. The van der Waals surface area contributed by atoms with E-state index in [4.69, 9.17) is 0 Å². The standard InChI is InChI=1S/C10H2O4/c11-3-7-1-2-8(4-12)10(6-14)9(7)5-13/h1-2H. The van der Waals surface area contributed by atoms with Crippen LogP contribution in [0.15, 0.2) is 12.1 Å². The Labute approximate surface area is 79.5 Å². The second-order valence-corrected chi connectivity index (χ2v) is 2.32. The Morgan fingerprint density at radius 1 is 0.643 bits per heavy atom. The minimum Gasteiger partial charge on any atom is -0.285 e. The van der Waals surface area contributed by atoms with Crippen LogP contribution in [0.3, 0.4) is 0 Å². The molecule has 66 valence electrons. The van der Waals surface area contributed by atoms with Crippen molar-refractivity contribution in [3.8, 4) is 0 Å². The first kappa shape index (κ1) is 9.98. The predicted octanol–water partition coefficient (Wildman–Crippen LogP) is -0.482. The molecule has 0 heterocycles. The first-order valence-corrected chi connectivity index (χ1v) is 3.48. The van der Waals surface area contributed by atoms with Crippen molar-refractivity contribution < 1.29 is 19.2 Å². The lowest BCUT2D eigenvalue weighted by Crippen LogP contribution is -2.02. The van der Waals surface area contributed by atoms with Crippen LogP contribution in [0.4, 0.5) is 0 Å². The van der Waals surface area contributed by atoms with Crippen LogP contribution in [0, 0.1) is 0 Å². The molecule has 0 spiro atoms. The quantitative estimate of drug-likeness (QED) is 0.636. The highest BCUT2D eigenvalue weighted by atomic mass is 16.1. The first-order chi connectivity index (χ1) is 6.78. The molecule has 1 aromatic carbocycles. The summed E-state index contributed by atoms with van der Waals surface area (Å²) in [6.07, 6.45) is 5.68. The molecule has 1 aromatic rings. The van der Waals surface area contributed by atoms with Crippen LogP contribution in [-0.4, -0.2) is 25.1 Å². The molecular formula is C10H2O4. The third kappa shape index (κ3) is 1.50. The Bertz CT molecular complexity index is 368. The van der Waals surface area contributed by atoms with E-state index in [0.717, 1.165) is 0 Å². The number of hydrogen-bond acceptors (Lipinski definition) is 4. The summed E-state index contributed by atoms with van der Waals surface area (Å²) in [5.74, 6) is 0. The highest BCUT2D eigenvalue weighted by molar-refractivity contribution is 6.03. The van der Waals surface area contributed by atoms with Crippen molar-refractivity contribution in [2.75, 3.05) is 0 Å². The Balaban J connectivity index is 3.58. The molecule has 0 atom stereocenters. The van der Waals surface area contributed by atoms with E-state index in [0.29, 0.717) is 0 Å². The van der Waals surface area contributed by atoms with Gasteiger partial charge in [0, 0.05) is 22.3 Å². The molecule has 4 nitrogen and oxygen atoms in total. The predicted molar refractivity (Wildman–Crippen MR) is 45.6 cm³/mol. The van der Waals surface area contributed by atoms with E-state index in [1.807, 2.05) is 0 Å². The molecule has 4 radical (unpaired) electrons. The molecule has 14 heavy (non-hydrogen) atoms. The number of carbonyl (C=O) groups excluding carboxylic acids is 4. The van der Waals surface area contributed by atoms with Crippen molar-refractivity contribution in [2.45, 2.75) is 0 Å². The summed E-state index contributed by atoms with van der Waals surface area (Å²) in [6, 6.07) is 2.38. The number of benzene rings is 1. The normalized spacial score (nSPS) is 9.14. The summed E-state index contributed by atoms with van der Waals surface area (Å²) in [7, 11) is 0. The van der Waals surface area contributed by atoms with Crippen LogP contribution >= 0.6 is 0 Å². The van der Waals surface area contributed by atoms with E-state index in [1.165, 1.54) is 37.3 Å². The van der Waals surface area contributed by atoms with E-state index in [2.05, 4.69) is 0 Å². The summed E-state index contributed by atoms with van der Waals surface area (Å²) >= 11 is 0. The Morgan fingerprint density at radius 3 is 1.21 bits per heavy atom. The van der Waals surface area contributed by atoms with Crippen molar-refractivity contribution >= 4 is 25.1 Å². The smallest absolute Gasteiger partial charge is 0.235 e. The van der Waals surface area contributed by atoms with E-state index in [-0.39, 0.29) is 22.3 Å². The maximum atomic E-state index is 10.4. The SMILES string of the molecule is O=[C]c1ccc([C]=O)c([C]=O)c1[C]=O. The molecule has 0 bridgehead atoms. The zero-order chi connectivity index (χ0) is 10.6. The number of rotatable bonds is 4. The maximum Gasteiger partial charge on any atom is 0.235 e. The molecule has 0 aliphatic rings. The maximum absolute atomic E-state index is 10.4. The van der Waals surface area contributed by atoms with Crippen molar-refractivity contribution in [2.24, 2.45) is 0 Å². The minimum atomic E-state index is -0.309. The fourth-order valence-electron chi connectivity index (χ4n) is 0.985. The molecule has 1 rings (SSSR count). The third-order valence-corrected chi connectivity index (χ3v) is 1.63. The lowest BCUT2D eigenvalue weighted by atomic mass is 9.99. The summed E-state index contributed by atoms with van der Waals surface area (Å²) in [4.78, 5) is 41.5. The van der Waals surface area contributed by atoms with Crippen LogP contribution in [0.1, 0.15) is 22.3 Å². The van der Waals surface area contributed by atoms with E-state index < -0.39 is 0 Å². The van der Waals surface area contributed by atoms with Gasteiger partial charge in [0.1, 0.15) is 0 Å². The zero-order valence-electron chi connectivity index (χ0n) is 6.79. The summed E-state index contributed by atoms with van der Waals surface area (Å²) < 4.78 is 0. The number of hydrogen-bond donors (Lipinski definition) is 0. The van der Waals surface area contributed by atoms with Crippen LogP contribution < -0.4 is 0 Å². The van der Waals surface area contributed by atoms with Gasteiger partial charge >= 0.3 is 0 Å². The van der Waals surface area contributed by atoms with Gasteiger partial charge in [0.15, 0.2) is 0 Å². The fourth-order valence-corrected chi connectivity index (χ4v) is 0.985. The summed E-state index contributed by atoms with van der Waals surface area (Å²) in [6.45, 7) is 0. The van der Waals surface area contributed by atoms with Gasteiger partial charge < -0.3 is 0 Å². The van der Waals surface area contributed by atoms with Crippen LogP contribution in [0.5, 0.6) is 0 Å². The van der Waals surface area contributed by atoms with Gasteiger partial charge in [-0.2, -0.15) is 0 Å². The molecule has 0 fully saturated rings. The topological polar surface area (TPSA) is 68.3 Å². The van der Waals surface area contributed by atoms with Gasteiger partial charge in [0.2, 0.25) is 25.1 Å². The Morgan fingerprint density at radius 2 is 1.00 bits per heavy atom. The van der Waals surface area contributed by atoms with E-state index in [1.54, 1.807) is 0 Å². The van der Waals surface area contributed by atoms with Crippen LogP contribution in [0.2, 0.25) is 0 Å². The van der Waals surface area contributed by atoms with Crippen LogP contribution in [0.25, 0.3) is 0 Å². The highest BCUT2D eigenvalue weighted by Crippen LogP contribution is 2.13. The largest absolute Gasteiger partial charge is 0.285 e. The van der Waals surface area contributed by atoms with Gasteiger partial charge in [-0.3, -0.25) is 19.2 Å². The van der Waals surface area contributed by atoms with Crippen LogP contribution in [-0.2, 0) is 19.2 Å². The second kappa shape index (κ2) is 4.23. The van der Waals surface area contributed by atoms with Crippen molar-refractivity contribution in [1.29, 1.82) is 0 Å². The Hall–Kier alpha value is -2.10. The van der Waals surface area contributed by atoms with Crippen molar-refractivity contribution in [3.05, 3.63) is 34.4 Å². The molecule has 0 saturated carbocycles. The van der Waals surface area contributed by atoms with Crippen molar-refractivity contribution in [1.82, 2.24) is 0 Å². The first-order valence-electron chi connectivity index (χ1n) is 3.48. The fraction of sp³-hybridized carbons (Fsp3) is 0. The summed E-state index contributed by atoms with van der Waals surface area (Å²) in [5, 5.41) is 0. The lowest BCUT2D eigenvalue weighted by molar-refractivity contribution is 0.554. The lowest BCUT2D eigenvalue weighted by Gasteiger charge is -2.00. The zero-order valence-corrected chi connectivity index (χ0v) is 6.79. The van der Waals surface area contributed by atoms with Gasteiger partial charge in [-0.15, -0.1) is 0 Å². The third-order valence-electron chi connectivity index (χ3n) is 1.63. The molecule has 0 aliphatic carbocycles. The average Bonchev–Trinajstić information content (AvgIpc) is 2.26. The van der Waals surface area contributed by atoms with Gasteiger partial charge in [-0.1, -0.05) is 0 Å². The van der Waals surface area contributed by atoms with Crippen molar-refractivity contribution in [3.63, 3.8) is 0 Å².